The monoisotopic (exact) mass is 262 g/mol. The summed E-state index contributed by atoms with van der Waals surface area (Å²) in [5, 5.41) is 0. The van der Waals surface area contributed by atoms with E-state index in [-0.39, 0.29) is 11.4 Å². The van der Waals surface area contributed by atoms with Crippen LogP contribution in [0, 0.1) is 0 Å². The smallest absolute Gasteiger partial charge is 0.334 e. The first-order chi connectivity index (χ1) is 8.84. The number of ether oxygens (including phenoxy) is 2. The largest absolute Gasteiger partial charge is 0.463 e. The van der Waals surface area contributed by atoms with Crippen molar-refractivity contribution in [2.45, 2.75) is 40.0 Å². The van der Waals surface area contributed by atoms with Crippen molar-refractivity contribution in [3.63, 3.8) is 0 Å². The Morgan fingerprint density at radius 2 is 1.89 bits per heavy atom. The standard InChI is InChI=1S/C16H22O3/c1-6-18-15(17)11-12(2)19-14-10-8-7-9-13(14)16(3,4)5/h7-11H,6H2,1-5H3/b12-11+. The third-order valence-corrected chi connectivity index (χ3v) is 2.57. The first-order valence-corrected chi connectivity index (χ1v) is 6.47. The van der Waals surface area contributed by atoms with E-state index in [1.807, 2.05) is 24.3 Å². The van der Waals surface area contributed by atoms with E-state index in [9.17, 15) is 4.79 Å². The lowest BCUT2D eigenvalue weighted by Crippen LogP contribution is -2.13. The minimum absolute atomic E-state index is 0.0131. The molecule has 0 bridgehead atoms. The highest BCUT2D eigenvalue weighted by molar-refractivity contribution is 5.82. The van der Waals surface area contributed by atoms with Crippen LogP contribution in [-0.2, 0) is 14.9 Å². The number of hydrogen-bond donors (Lipinski definition) is 0. The van der Waals surface area contributed by atoms with Gasteiger partial charge in [0.15, 0.2) is 0 Å². The van der Waals surface area contributed by atoms with Gasteiger partial charge in [0.05, 0.1) is 12.7 Å². The van der Waals surface area contributed by atoms with Crippen molar-refractivity contribution >= 4 is 5.97 Å². The Kier molecular flexibility index (Phi) is 5.16. The lowest BCUT2D eigenvalue weighted by atomic mass is 9.86. The predicted octanol–water partition coefficient (Wildman–Crippen LogP) is 3.83. The summed E-state index contributed by atoms with van der Waals surface area (Å²) in [5.74, 6) is 0.913. The fourth-order valence-electron chi connectivity index (χ4n) is 1.73. The molecule has 104 valence electrons. The molecule has 0 N–H and O–H groups in total. The highest BCUT2D eigenvalue weighted by Gasteiger charge is 2.18. The number of para-hydroxylation sites is 1. The molecule has 0 heterocycles. The number of hydrogen-bond acceptors (Lipinski definition) is 3. The summed E-state index contributed by atoms with van der Waals surface area (Å²) in [4.78, 5) is 11.3. The Labute approximate surface area is 115 Å². The van der Waals surface area contributed by atoms with Gasteiger partial charge in [-0.25, -0.2) is 4.79 Å². The molecule has 0 unspecified atom stereocenters. The van der Waals surface area contributed by atoms with Gasteiger partial charge in [-0.1, -0.05) is 39.0 Å². The number of carbonyl (C=O) groups excluding carboxylic acids is 1. The lowest BCUT2D eigenvalue weighted by Gasteiger charge is -2.22. The third-order valence-electron chi connectivity index (χ3n) is 2.57. The van der Waals surface area contributed by atoms with E-state index in [2.05, 4.69) is 20.8 Å². The molecule has 19 heavy (non-hydrogen) atoms. The van der Waals surface area contributed by atoms with Crippen LogP contribution in [0.4, 0.5) is 0 Å². The van der Waals surface area contributed by atoms with Crippen LogP contribution in [0.2, 0.25) is 0 Å². The zero-order valence-corrected chi connectivity index (χ0v) is 12.3. The van der Waals surface area contributed by atoms with E-state index < -0.39 is 0 Å². The molecular weight excluding hydrogens is 240 g/mol. The van der Waals surface area contributed by atoms with E-state index in [0.29, 0.717) is 12.4 Å². The quantitative estimate of drug-likeness (QED) is 0.470. The second kappa shape index (κ2) is 6.41. The molecule has 0 atom stereocenters. The second-order valence-electron chi connectivity index (χ2n) is 5.36. The molecule has 1 rings (SSSR count). The molecule has 0 aromatic heterocycles. The third kappa shape index (κ3) is 4.78. The fraction of sp³-hybridized carbons (Fsp3) is 0.438. The fourth-order valence-corrected chi connectivity index (χ4v) is 1.73. The summed E-state index contributed by atoms with van der Waals surface area (Å²) >= 11 is 0. The van der Waals surface area contributed by atoms with Crippen LogP contribution >= 0.6 is 0 Å². The van der Waals surface area contributed by atoms with E-state index >= 15 is 0 Å². The maximum atomic E-state index is 11.3. The first-order valence-electron chi connectivity index (χ1n) is 6.47. The number of carbonyl (C=O) groups is 1. The van der Waals surface area contributed by atoms with Crippen LogP contribution in [0.3, 0.4) is 0 Å². The van der Waals surface area contributed by atoms with Gasteiger partial charge in [0.1, 0.15) is 11.5 Å². The summed E-state index contributed by atoms with van der Waals surface area (Å²) in [6.07, 6.45) is 1.36. The number of esters is 1. The molecule has 1 aromatic rings. The van der Waals surface area contributed by atoms with Crippen molar-refractivity contribution in [1.82, 2.24) is 0 Å². The van der Waals surface area contributed by atoms with Gasteiger partial charge in [-0.3, -0.25) is 0 Å². The molecule has 0 amide bonds. The highest BCUT2D eigenvalue weighted by Crippen LogP contribution is 2.31. The van der Waals surface area contributed by atoms with Gasteiger partial charge in [-0.15, -0.1) is 0 Å². The normalized spacial score (nSPS) is 12.2. The minimum Gasteiger partial charge on any atom is -0.463 e. The van der Waals surface area contributed by atoms with Crippen LogP contribution in [0.5, 0.6) is 5.75 Å². The van der Waals surface area contributed by atoms with Gasteiger partial charge in [0.2, 0.25) is 0 Å². The van der Waals surface area contributed by atoms with Crippen molar-refractivity contribution < 1.29 is 14.3 Å². The topological polar surface area (TPSA) is 35.5 Å². The maximum Gasteiger partial charge on any atom is 0.334 e. The van der Waals surface area contributed by atoms with Gasteiger partial charge in [0, 0.05) is 5.56 Å². The predicted molar refractivity (Wildman–Crippen MR) is 76.2 cm³/mol. The first kappa shape index (κ1) is 15.3. The molecule has 0 aliphatic rings. The van der Waals surface area contributed by atoms with Crippen molar-refractivity contribution in [1.29, 1.82) is 0 Å². The average Bonchev–Trinajstić information content (AvgIpc) is 2.28. The Bertz CT molecular complexity index is 467. The molecule has 3 heteroatoms. The maximum absolute atomic E-state index is 11.3. The van der Waals surface area contributed by atoms with Gasteiger partial charge in [-0.2, -0.15) is 0 Å². The van der Waals surface area contributed by atoms with Gasteiger partial charge in [0.25, 0.3) is 0 Å². The van der Waals surface area contributed by atoms with Crippen molar-refractivity contribution in [2.24, 2.45) is 0 Å². The highest BCUT2D eigenvalue weighted by atomic mass is 16.5. The Hall–Kier alpha value is -1.77. The molecule has 0 saturated carbocycles. The molecule has 0 spiro atoms. The van der Waals surface area contributed by atoms with Crippen LogP contribution in [0.25, 0.3) is 0 Å². The molecule has 0 radical (unpaired) electrons. The van der Waals surface area contributed by atoms with Gasteiger partial charge in [-0.05, 0) is 25.3 Å². The van der Waals surface area contributed by atoms with Gasteiger partial charge < -0.3 is 9.47 Å². The summed E-state index contributed by atoms with van der Waals surface area (Å²) in [7, 11) is 0. The van der Waals surface area contributed by atoms with Crippen LogP contribution in [0.1, 0.15) is 40.2 Å². The average molecular weight is 262 g/mol. The molecule has 1 aromatic carbocycles. The Morgan fingerprint density at radius 1 is 1.26 bits per heavy atom. The SMILES string of the molecule is CCOC(=O)/C=C(\C)Oc1ccccc1C(C)(C)C. The van der Waals surface area contributed by atoms with E-state index in [1.54, 1.807) is 13.8 Å². The van der Waals surface area contributed by atoms with Crippen molar-refractivity contribution in [3.8, 4) is 5.75 Å². The zero-order valence-electron chi connectivity index (χ0n) is 12.3. The molecule has 3 nitrogen and oxygen atoms in total. The van der Waals surface area contributed by atoms with Crippen LogP contribution < -0.4 is 4.74 Å². The van der Waals surface area contributed by atoms with E-state index in [1.165, 1.54) is 6.08 Å². The second-order valence-corrected chi connectivity index (χ2v) is 5.36. The van der Waals surface area contributed by atoms with Gasteiger partial charge >= 0.3 is 5.97 Å². The number of rotatable bonds is 4. The lowest BCUT2D eigenvalue weighted by molar-refractivity contribution is -0.137. The summed E-state index contributed by atoms with van der Waals surface area (Å²) in [5.41, 5.74) is 1.09. The van der Waals surface area contributed by atoms with Crippen molar-refractivity contribution in [3.05, 3.63) is 41.7 Å². The number of allylic oxidation sites excluding steroid dienone is 1. The summed E-state index contributed by atoms with van der Waals surface area (Å²) < 4.78 is 10.6. The molecule has 0 saturated heterocycles. The Morgan fingerprint density at radius 3 is 2.47 bits per heavy atom. The minimum atomic E-state index is -0.381. The summed E-state index contributed by atoms with van der Waals surface area (Å²) in [6, 6.07) is 7.84. The molecular formula is C16H22O3. The summed E-state index contributed by atoms with van der Waals surface area (Å²) in [6.45, 7) is 10.3. The van der Waals surface area contributed by atoms with Crippen molar-refractivity contribution in [2.75, 3.05) is 6.61 Å². The van der Waals surface area contributed by atoms with Crippen LogP contribution in [-0.4, -0.2) is 12.6 Å². The molecule has 0 aliphatic carbocycles. The zero-order chi connectivity index (χ0) is 14.5. The Balaban J connectivity index is 2.91. The van der Waals surface area contributed by atoms with E-state index in [0.717, 1.165) is 11.3 Å². The number of benzene rings is 1. The van der Waals surface area contributed by atoms with Crippen LogP contribution in [0.15, 0.2) is 36.1 Å². The molecule has 0 aliphatic heterocycles. The molecule has 0 fully saturated rings. The van der Waals surface area contributed by atoms with E-state index in [4.69, 9.17) is 9.47 Å².